The van der Waals surface area contributed by atoms with E-state index >= 15 is 0 Å². The number of hydrogen-bond acceptors (Lipinski definition) is 0. The maximum absolute atomic E-state index is 2.39. The summed E-state index contributed by atoms with van der Waals surface area (Å²) in [6.07, 6.45) is 14.6. The first-order valence-electron chi connectivity index (χ1n) is 8.95. The summed E-state index contributed by atoms with van der Waals surface area (Å²) in [4.78, 5) is 0. The first-order chi connectivity index (χ1) is 9.86. The van der Waals surface area contributed by atoms with Gasteiger partial charge in [-0.3, -0.25) is 0 Å². The molecule has 0 heteroatoms. The molecule has 0 nitrogen and oxygen atoms in total. The molecule has 0 bridgehead atoms. The van der Waals surface area contributed by atoms with Crippen molar-refractivity contribution in [3.05, 3.63) is 35.4 Å². The van der Waals surface area contributed by atoms with Crippen LogP contribution in [0.5, 0.6) is 0 Å². The zero-order valence-electron chi connectivity index (χ0n) is 13.1. The molecule has 1 aromatic rings. The molecule has 20 heavy (non-hydrogen) atoms. The van der Waals surface area contributed by atoms with Gasteiger partial charge in [0.2, 0.25) is 0 Å². The third-order valence-corrected chi connectivity index (χ3v) is 5.95. The fraction of sp³-hybridized carbons (Fsp3) is 0.700. The van der Waals surface area contributed by atoms with E-state index in [1.807, 2.05) is 0 Å². The van der Waals surface area contributed by atoms with E-state index in [4.69, 9.17) is 0 Å². The van der Waals surface area contributed by atoms with Crippen LogP contribution >= 0.6 is 0 Å². The number of benzene rings is 1. The average molecular weight is 270 g/mol. The summed E-state index contributed by atoms with van der Waals surface area (Å²) in [5.41, 5.74) is 3.08. The molecule has 0 unspecified atom stereocenters. The molecule has 0 heterocycles. The maximum Gasteiger partial charge on any atom is -0.0162 e. The molecule has 0 radical (unpaired) electrons. The molecule has 2 aliphatic rings. The predicted molar refractivity (Wildman–Crippen MR) is 87.1 cm³/mol. The second-order valence-corrected chi connectivity index (χ2v) is 7.10. The summed E-state index contributed by atoms with van der Waals surface area (Å²) >= 11 is 0. The highest BCUT2D eigenvalue weighted by Crippen LogP contribution is 2.42. The smallest absolute Gasteiger partial charge is 0.0162 e. The molecule has 2 aliphatic carbocycles. The highest BCUT2D eigenvalue weighted by atomic mass is 14.3. The second kappa shape index (κ2) is 6.78. The zero-order chi connectivity index (χ0) is 13.8. The Morgan fingerprint density at radius 2 is 1.35 bits per heavy atom. The van der Waals surface area contributed by atoms with Crippen LogP contribution in [0.4, 0.5) is 0 Å². The Morgan fingerprint density at radius 1 is 0.750 bits per heavy atom. The summed E-state index contributed by atoms with van der Waals surface area (Å²) in [5.74, 6) is 2.98. The standard InChI is InChI=1S/C20H30/c1-2-16-8-10-18(11-9-16)20-14-12-19(13-15-20)17-6-4-3-5-7-17/h8-11,17,19-20H,2-7,12-15H2,1H3. The van der Waals surface area contributed by atoms with E-state index in [1.165, 1.54) is 63.4 Å². The van der Waals surface area contributed by atoms with Crippen molar-refractivity contribution < 1.29 is 0 Å². The van der Waals surface area contributed by atoms with E-state index in [0.29, 0.717) is 0 Å². The van der Waals surface area contributed by atoms with Gasteiger partial charge in [0.1, 0.15) is 0 Å². The lowest BCUT2D eigenvalue weighted by Gasteiger charge is -2.36. The Hall–Kier alpha value is -0.780. The Bertz CT molecular complexity index is 389. The number of aryl methyl sites for hydroxylation is 1. The van der Waals surface area contributed by atoms with Crippen molar-refractivity contribution in [1.29, 1.82) is 0 Å². The fourth-order valence-corrected chi connectivity index (χ4v) is 4.56. The van der Waals surface area contributed by atoms with Crippen LogP contribution in [-0.4, -0.2) is 0 Å². The average Bonchev–Trinajstić information content (AvgIpc) is 2.56. The van der Waals surface area contributed by atoms with Crippen molar-refractivity contribution in [2.75, 3.05) is 0 Å². The summed E-state index contributed by atoms with van der Waals surface area (Å²) in [6, 6.07) is 9.46. The summed E-state index contributed by atoms with van der Waals surface area (Å²) in [5, 5.41) is 0. The zero-order valence-corrected chi connectivity index (χ0v) is 13.1. The molecule has 0 amide bonds. The number of rotatable bonds is 3. The Labute approximate surface area is 125 Å². The molecule has 0 saturated heterocycles. The monoisotopic (exact) mass is 270 g/mol. The molecule has 2 saturated carbocycles. The lowest BCUT2D eigenvalue weighted by Crippen LogP contribution is -2.23. The van der Waals surface area contributed by atoms with E-state index in [0.717, 1.165) is 24.2 Å². The van der Waals surface area contributed by atoms with Gasteiger partial charge in [-0.15, -0.1) is 0 Å². The Kier molecular flexibility index (Phi) is 4.81. The minimum atomic E-state index is 0.848. The van der Waals surface area contributed by atoms with Crippen molar-refractivity contribution >= 4 is 0 Å². The molecule has 0 aliphatic heterocycles. The van der Waals surface area contributed by atoms with Crippen molar-refractivity contribution in [1.82, 2.24) is 0 Å². The molecule has 110 valence electrons. The molecule has 3 rings (SSSR count). The third-order valence-electron chi connectivity index (χ3n) is 5.95. The normalized spacial score (nSPS) is 28.4. The fourth-order valence-electron chi connectivity index (χ4n) is 4.56. The minimum absolute atomic E-state index is 0.848. The summed E-state index contributed by atoms with van der Waals surface area (Å²) < 4.78 is 0. The van der Waals surface area contributed by atoms with E-state index < -0.39 is 0 Å². The number of hydrogen-bond donors (Lipinski definition) is 0. The van der Waals surface area contributed by atoms with Crippen LogP contribution in [0, 0.1) is 11.8 Å². The lowest BCUT2D eigenvalue weighted by molar-refractivity contribution is 0.186. The molecule has 0 spiro atoms. The summed E-state index contributed by atoms with van der Waals surface area (Å²) in [6.45, 7) is 2.24. The van der Waals surface area contributed by atoms with E-state index in [2.05, 4.69) is 31.2 Å². The van der Waals surface area contributed by atoms with Crippen LogP contribution in [0.25, 0.3) is 0 Å². The van der Waals surface area contributed by atoms with Crippen LogP contribution in [0.15, 0.2) is 24.3 Å². The van der Waals surface area contributed by atoms with Crippen molar-refractivity contribution in [3.8, 4) is 0 Å². The predicted octanol–water partition coefficient (Wildman–Crippen LogP) is 6.10. The molecule has 0 aromatic heterocycles. The molecule has 0 atom stereocenters. The lowest BCUT2D eigenvalue weighted by atomic mass is 9.70. The van der Waals surface area contributed by atoms with Gasteiger partial charge in [-0.25, -0.2) is 0 Å². The van der Waals surface area contributed by atoms with E-state index in [9.17, 15) is 0 Å². The van der Waals surface area contributed by atoms with Crippen LogP contribution in [0.3, 0.4) is 0 Å². The minimum Gasteiger partial charge on any atom is -0.0613 e. The van der Waals surface area contributed by atoms with Gasteiger partial charge in [0.25, 0.3) is 0 Å². The van der Waals surface area contributed by atoms with Gasteiger partial charge in [-0.05, 0) is 61.0 Å². The van der Waals surface area contributed by atoms with Gasteiger partial charge in [-0.2, -0.15) is 0 Å². The van der Waals surface area contributed by atoms with Gasteiger partial charge in [-0.1, -0.05) is 63.3 Å². The van der Waals surface area contributed by atoms with Gasteiger partial charge in [0.15, 0.2) is 0 Å². The topological polar surface area (TPSA) is 0 Å². The molecule has 0 N–H and O–H groups in total. The molecular formula is C20H30. The van der Waals surface area contributed by atoms with Crippen LogP contribution < -0.4 is 0 Å². The highest BCUT2D eigenvalue weighted by molar-refractivity contribution is 5.25. The Balaban J connectivity index is 1.54. The van der Waals surface area contributed by atoms with Crippen molar-refractivity contribution in [2.24, 2.45) is 11.8 Å². The SMILES string of the molecule is CCc1ccc(C2CCC(C3CCCCC3)CC2)cc1. The van der Waals surface area contributed by atoms with Crippen LogP contribution in [-0.2, 0) is 6.42 Å². The third kappa shape index (κ3) is 3.27. The largest absolute Gasteiger partial charge is 0.0613 e. The summed E-state index contributed by atoms with van der Waals surface area (Å²) in [7, 11) is 0. The molecule has 1 aromatic carbocycles. The van der Waals surface area contributed by atoms with Crippen molar-refractivity contribution in [3.63, 3.8) is 0 Å². The van der Waals surface area contributed by atoms with Gasteiger partial charge < -0.3 is 0 Å². The quantitative estimate of drug-likeness (QED) is 0.622. The first-order valence-corrected chi connectivity index (χ1v) is 8.95. The van der Waals surface area contributed by atoms with Gasteiger partial charge in [0, 0.05) is 0 Å². The van der Waals surface area contributed by atoms with Crippen LogP contribution in [0.2, 0.25) is 0 Å². The first kappa shape index (κ1) is 14.2. The van der Waals surface area contributed by atoms with Gasteiger partial charge in [0.05, 0.1) is 0 Å². The maximum atomic E-state index is 2.39. The highest BCUT2D eigenvalue weighted by Gasteiger charge is 2.28. The van der Waals surface area contributed by atoms with Crippen molar-refractivity contribution in [2.45, 2.75) is 77.0 Å². The molecular weight excluding hydrogens is 240 g/mol. The van der Waals surface area contributed by atoms with E-state index in [-0.39, 0.29) is 0 Å². The van der Waals surface area contributed by atoms with Crippen LogP contribution in [0.1, 0.15) is 81.8 Å². The van der Waals surface area contributed by atoms with Gasteiger partial charge >= 0.3 is 0 Å². The van der Waals surface area contributed by atoms with E-state index in [1.54, 1.807) is 5.56 Å². The second-order valence-electron chi connectivity index (χ2n) is 7.10. The molecule has 2 fully saturated rings. The Morgan fingerprint density at radius 3 is 1.95 bits per heavy atom.